The lowest BCUT2D eigenvalue weighted by Gasteiger charge is -2.43. The number of aliphatic hydroxyl groups is 2. The van der Waals surface area contributed by atoms with Crippen LogP contribution in [-0.4, -0.2) is 72.2 Å². The van der Waals surface area contributed by atoms with Gasteiger partial charge in [-0.2, -0.15) is 0 Å². The van der Waals surface area contributed by atoms with Crippen LogP contribution in [0.3, 0.4) is 0 Å². The predicted octanol–water partition coefficient (Wildman–Crippen LogP) is 7.12. The third kappa shape index (κ3) is 13.5. The van der Waals surface area contributed by atoms with E-state index in [1.165, 1.54) is 6.92 Å². The number of carbonyl (C=O) groups is 3. The summed E-state index contributed by atoms with van der Waals surface area (Å²) in [6.45, 7) is 14.9. The Bertz CT molecular complexity index is 1560. The number of hydrogen-bond acceptors (Lipinski definition) is 9. The Morgan fingerprint density at radius 1 is 0.827 bits per heavy atom. The Labute approximate surface area is 308 Å². The van der Waals surface area contributed by atoms with E-state index in [0.29, 0.717) is 30.4 Å². The molecule has 0 aliphatic rings. The van der Waals surface area contributed by atoms with Crippen LogP contribution in [0.5, 0.6) is 5.75 Å². The van der Waals surface area contributed by atoms with Crippen molar-refractivity contribution in [2.75, 3.05) is 6.61 Å². The normalized spacial score (nSPS) is 14.5. The molecule has 3 amide bonds. The molecule has 0 heterocycles. The minimum absolute atomic E-state index is 0.0992. The highest BCUT2D eigenvalue weighted by molar-refractivity contribution is 6.76. The van der Waals surface area contributed by atoms with Gasteiger partial charge < -0.3 is 29.2 Å². The van der Waals surface area contributed by atoms with E-state index in [4.69, 9.17) is 18.9 Å². The van der Waals surface area contributed by atoms with Gasteiger partial charge in [-0.05, 0) is 82.3 Å². The highest BCUT2D eigenvalue weighted by Gasteiger charge is 2.45. The van der Waals surface area contributed by atoms with Gasteiger partial charge in [0.1, 0.15) is 29.6 Å². The smallest absolute Gasteiger partial charge is 0.431 e. The molecule has 0 bridgehead atoms. The lowest BCUT2D eigenvalue weighted by atomic mass is 9.86. The van der Waals surface area contributed by atoms with Gasteiger partial charge in [0.05, 0.1) is 12.7 Å². The summed E-state index contributed by atoms with van der Waals surface area (Å²) in [7, 11) is -1.57. The Balaban J connectivity index is 1.94. The molecule has 0 saturated carbocycles. The van der Waals surface area contributed by atoms with E-state index in [0.717, 1.165) is 16.1 Å². The Hall–Kier alpha value is -4.59. The molecule has 0 aliphatic carbocycles. The van der Waals surface area contributed by atoms with Crippen molar-refractivity contribution < 1.29 is 43.5 Å². The quantitative estimate of drug-likeness (QED) is 0.0552. The molecule has 0 saturated heterocycles. The molecule has 4 unspecified atom stereocenters. The number of hydrogen-bond donors (Lipinski definition) is 4. The van der Waals surface area contributed by atoms with E-state index in [9.17, 15) is 24.6 Å². The van der Waals surface area contributed by atoms with Crippen LogP contribution in [0.4, 0.5) is 14.4 Å². The maximum Gasteiger partial charge on any atom is 0.431 e. The molecule has 0 fully saturated rings. The summed E-state index contributed by atoms with van der Waals surface area (Å²) in [4.78, 5) is 40.3. The molecule has 4 N–H and O–H groups in total. The van der Waals surface area contributed by atoms with Gasteiger partial charge in [-0.25, -0.2) is 24.8 Å². The fraction of sp³-hybridized carbons (Fsp3) is 0.462. The van der Waals surface area contributed by atoms with E-state index >= 15 is 0 Å². The van der Waals surface area contributed by atoms with Gasteiger partial charge in [-0.1, -0.05) is 92.4 Å². The zero-order valence-corrected chi connectivity index (χ0v) is 32.5. The number of nitrogens with zero attached hydrogens (tertiary/aromatic N) is 1. The molecule has 0 radical (unpaired) electrons. The minimum atomic E-state index is -1.65. The Kier molecular flexibility index (Phi) is 15.1. The highest BCUT2D eigenvalue weighted by Crippen LogP contribution is 2.33. The van der Waals surface area contributed by atoms with Gasteiger partial charge in [-0.3, -0.25) is 5.32 Å². The zero-order valence-electron chi connectivity index (χ0n) is 31.5. The number of alkyl carbamates (subject to hydrolysis) is 1. The molecule has 3 rings (SSSR count). The Morgan fingerprint density at radius 2 is 1.40 bits per heavy atom. The number of amides is 3. The molecule has 3 aromatic rings. The molecule has 0 aromatic heterocycles. The van der Waals surface area contributed by atoms with Crippen LogP contribution in [-0.2, 0) is 32.8 Å². The molecule has 13 heteroatoms. The number of benzene rings is 3. The van der Waals surface area contributed by atoms with Crippen molar-refractivity contribution >= 4 is 26.4 Å². The van der Waals surface area contributed by atoms with E-state index in [1.807, 2.05) is 60.7 Å². The number of aliphatic hydroxyl groups excluding tert-OH is 2. The van der Waals surface area contributed by atoms with E-state index in [-0.39, 0.29) is 13.0 Å². The molecule has 0 spiro atoms. The van der Waals surface area contributed by atoms with Crippen LogP contribution in [0.25, 0.3) is 0 Å². The van der Waals surface area contributed by atoms with Crippen molar-refractivity contribution in [3.05, 3.63) is 102 Å². The van der Waals surface area contributed by atoms with Gasteiger partial charge in [0.15, 0.2) is 0 Å². The lowest BCUT2D eigenvalue weighted by Crippen LogP contribution is -2.62. The molecule has 4 atom stereocenters. The van der Waals surface area contributed by atoms with Gasteiger partial charge >= 0.3 is 18.3 Å². The SMILES string of the molecule is CC(O)C(C)(c1ccc(OCc2ccccc2)cc1)N(NC(=O)OCC[Si](C)(C)C)C(=O)OC(NC(=O)OC(C)(C)C)C(O)CCc1ccccc1. The van der Waals surface area contributed by atoms with Crippen molar-refractivity contribution in [3.63, 3.8) is 0 Å². The number of aryl methyl sites for hydroxylation is 1. The van der Waals surface area contributed by atoms with Crippen LogP contribution in [0.1, 0.15) is 57.7 Å². The molecule has 52 heavy (non-hydrogen) atoms. The predicted molar refractivity (Wildman–Crippen MR) is 201 cm³/mol. The maximum atomic E-state index is 14.2. The number of ether oxygens (including phenoxy) is 4. The molecule has 0 aliphatic heterocycles. The van der Waals surface area contributed by atoms with Crippen LogP contribution >= 0.6 is 0 Å². The second kappa shape index (κ2) is 18.8. The number of carbonyl (C=O) groups excluding carboxylic acids is 3. The highest BCUT2D eigenvalue weighted by atomic mass is 28.3. The van der Waals surface area contributed by atoms with E-state index < -0.39 is 55.9 Å². The first-order chi connectivity index (χ1) is 24.4. The molecular weight excluding hydrogens is 683 g/mol. The van der Waals surface area contributed by atoms with Crippen molar-refractivity contribution in [2.24, 2.45) is 0 Å². The molecular formula is C39H55N3O9Si. The fourth-order valence-corrected chi connectivity index (χ4v) is 5.73. The number of rotatable bonds is 15. The summed E-state index contributed by atoms with van der Waals surface area (Å²) in [6, 6.07) is 26.4. The first-order valence-electron chi connectivity index (χ1n) is 17.5. The number of nitrogens with one attached hydrogen (secondary N) is 2. The first kappa shape index (κ1) is 41.8. The summed E-state index contributed by atoms with van der Waals surface area (Å²) >= 11 is 0. The summed E-state index contributed by atoms with van der Waals surface area (Å²) < 4.78 is 22.5. The largest absolute Gasteiger partial charge is 0.489 e. The second-order valence-electron chi connectivity index (χ2n) is 15.1. The minimum Gasteiger partial charge on any atom is -0.489 e. The average Bonchev–Trinajstić information content (AvgIpc) is 3.07. The van der Waals surface area contributed by atoms with Crippen LogP contribution in [0.2, 0.25) is 25.7 Å². The second-order valence-corrected chi connectivity index (χ2v) is 20.7. The van der Waals surface area contributed by atoms with Crippen LogP contribution < -0.4 is 15.5 Å². The van der Waals surface area contributed by atoms with E-state index in [2.05, 4.69) is 30.4 Å². The monoisotopic (exact) mass is 737 g/mol. The van der Waals surface area contributed by atoms with Gasteiger partial charge in [0.25, 0.3) is 0 Å². The summed E-state index contributed by atoms with van der Waals surface area (Å²) in [5.41, 5.74) is 2.25. The Morgan fingerprint density at radius 3 is 1.94 bits per heavy atom. The molecule has 284 valence electrons. The topological polar surface area (TPSA) is 156 Å². The summed E-state index contributed by atoms with van der Waals surface area (Å²) in [5.74, 6) is 0.538. The van der Waals surface area contributed by atoms with Gasteiger partial charge in [0.2, 0.25) is 6.23 Å². The fourth-order valence-electron chi connectivity index (χ4n) is 5.01. The first-order valence-corrected chi connectivity index (χ1v) is 21.2. The third-order valence-corrected chi connectivity index (χ3v) is 9.95. The summed E-state index contributed by atoms with van der Waals surface area (Å²) in [6.07, 6.45) is -6.85. The maximum absolute atomic E-state index is 14.2. The zero-order chi connectivity index (χ0) is 38.5. The van der Waals surface area contributed by atoms with Gasteiger partial charge in [0, 0.05) is 8.07 Å². The summed E-state index contributed by atoms with van der Waals surface area (Å²) in [5, 5.41) is 25.8. The van der Waals surface area contributed by atoms with Crippen LogP contribution in [0, 0.1) is 0 Å². The molecule has 3 aromatic carbocycles. The lowest BCUT2D eigenvalue weighted by molar-refractivity contribution is -0.0753. The van der Waals surface area contributed by atoms with Crippen LogP contribution in [0.15, 0.2) is 84.9 Å². The van der Waals surface area contributed by atoms with Crippen molar-refractivity contribution in [1.29, 1.82) is 0 Å². The standard InChI is InChI=1S/C39H55N3O9Si/c1-28(43)39(5,31-20-22-32(23-21-31)49-27-30-17-13-10-14-18-30)42(41-36(46)48-25-26-52(6,7)8)37(47)50-34(40-35(45)51-38(2,3)4)33(44)24-19-29-15-11-9-12-16-29/h9-18,20-23,28,33-34,43-44H,19,24-27H2,1-8H3,(H,40,45)(H,41,46). The number of hydrazine groups is 1. The van der Waals surface area contributed by atoms with Crippen molar-refractivity contribution in [2.45, 2.75) is 109 Å². The van der Waals surface area contributed by atoms with Crippen molar-refractivity contribution in [3.8, 4) is 5.75 Å². The van der Waals surface area contributed by atoms with Gasteiger partial charge in [-0.15, -0.1) is 0 Å². The third-order valence-electron chi connectivity index (χ3n) is 8.24. The van der Waals surface area contributed by atoms with E-state index in [1.54, 1.807) is 52.0 Å². The van der Waals surface area contributed by atoms with Crippen molar-refractivity contribution in [1.82, 2.24) is 15.8 Å². The average molecular weight is 738 g/mol. The molecule has 12 nitrogen and oxygen atoms in total.